The Labute approximate surface area is 168 Å². The van der Waals surface area contributed by atoms with Gasteiger partial charge in [0.15, 0.2) is 0 Å². The van der Waals surface area contributed by atoms with Gasteiger partial charge in [0.1, 0.15) is 11.5 Å². The van der Waals surface area contributed by atoms with Crippen LogP contribution in [-0.2, 0) is 9.59 Å². The number of hydrogen-bond donors (Lipinski definition) is 1. The largest absolute Gasteiger partial charge is 0.497 e. The lowest BCUT2D eigenvalue weighted by Crippen LogP contribution is -2.29. The second-order valence-electron chi connectivity index (χ2n) is 6.36. The van der Waals surface area contributed by atoms with E-state index in [1.807, 2.05) is 24.3 Å². The molecular weight excluding hydrogens is 378 g/mol. The number of ether oxygens (including phenoxy) is 2. The van der Waals surface area contributed by atoms with E-state index in [4.69, 9.17) is 21.1 Å². The van der Waals surface area contributed by atoms with Crippen LogP contribution in [0.15, 0.2) is 60.7 Å². The summed E-state index contributed by atoms with van der Waals surface area (Å²) < 4.78 is 10.7. The molecule has 0 radical (unpaired) electrons. The van der Waals surface area contributed by atoms with Gasteiger partial charge in [-0.2, -0.15) is 0 Å². The fourth-order valence-electron chi connectivity index (χ4n) is 2.93. The summed E-state index contributed by atoms with van der Waals surface area (Å²) in [5.41, 5.74) is 0.778. The highest BCUT2D eigenvalue weighted by Crippen LogP contribution is 2.26. The Morgan fingerprint density at radius 3 is 2.25 bits per heavy atom. The smallest absolute Gasteiger partial charge is 0.313 e. The van der Waals surface area contributed by atoms with Gasteiger partial charge in [-0.3, -0.25) is 9.59 Å². The topological polar surface area (TPSA) is 64.6 Å². The van der Waals surface area contributed by atoms with E-state index in [1.54, 1.807) is 43.5 Å². The normalized spacial score (nSPS) is 11.7. The number of esters is 1. The number of hydrogen-bond acceptors (Lipinski definition) is 4. The summed E-state index contributed by atoms with van der Waals surface area (Å²) in [6.45, 7) is 1.41. The summed E-state index contributed by atoms with van der Waals surface area (Å²) in [4.78, 5) is 24.0. The zero-order chi connectivity index (χ0) is 20.1. The third-order valence-corrected chi connectivity index (χ3v) is 4.52. The predicted molar refractivity (Wildman–Crippen MR) is 109 cm³/mol. The number of carbonyl (C=O) groups is 2. The molecule has 1 N–H and O–H groups in total. The van der Waals surface area contributed by atoms with Gasteiger partial charge >= 0.3 is 5.97 Å². The van der Waals surface area contributed by atoms with E-state index in [-0.39, 0.29) is 12.3 Å². The Kier molecular flexibility index (Phi) is 6.16. The van der Waals surface area contributed by atoms with Gasteiger partial charge in [0.05, 0.1) is 19.6 Å². The molecule has 0 fully saturated rings. The lowest BCUT2D eigenvalue weighted by Gasteiger charge is -2.18. The first-order valence-electron chi connectivity index (χ1n) is 8.75. The van der Waals surface area contributed by atoms with Crippen molar-refractivity contribution in [1.82, 2.24) is 5.32 Å². The molecule has 0 aliphatic carbocycles. The van der Waals surface area contributed by atoms with Crippen LogP contribution in [0, 0.1) is 0 Å². The average molecular weight is 398 g/mol. The minimum Gasteiger partial charge on any atom is -0.497 e. The number of methoxy groups -OCH3 is 1. The van der Waals surface area contributed by atoms with Gasteiger partial charge in [0.2, 0.25) is 5.91 Å². The van der Waals surface area contributed by atoms with E-state index in [9.17, 15) is 9.59 Å². The summed E-state index contributed by atoms with van der Waals surface area (Å²) in [5, 5.41) is 5.28. The lowest BCUT2D eigenvalue weighted by molar-refractivity contribution is -0.135. The molecule has 0 saturated heterocycles. The van der Waals surface area contributed by atoms with Gasteiger partial charge in [0, 0.05) is 11.9 Å². The molecule has 1 amide bonds. The first-order valence-corrected chi connectivity index (χ1v) is 9.13. The molecule has 5 nitrogen and oxygen atoms in total. The van der Waals surface area contributed by atoms with Gasteiger partial charge < -0.3 is 14.8 Å². The molecule has 3 rings (SSSR count). The summed E-state index contributed by atoms with van der Waals surface area (Å²) >= 11 is 5.92. The molecule has 0 aromatic heterocycles. The number of nitrogens with one attached hydrogen (secondary N) is 1. The fourth-order valence-corrected chi connectivity index (χ4v) is 3.05. The van der Waals surface area contributed by atoms with Gasteiger partial charge in [-0.25, -0.2) is 0 Å². The molecule has 3 aromatic carbocycles. The molecule has 1 unspecified atom stereocenters. The van der Waals surface area contributed by atoms with Crippen LogP contribution < -0.4 is 14.8 Å². The molecule has 6 heteroatoms. The number of fused-ring (bicyclic) bond motifs is 1. The lowest BCUT2D eigenvalue weighted by atomic mass is 10.0. The first kappa shape index (κ1) is 19.7. The Balaban J connectivity index is 1.75. The molecule has 0 saturated carbocycles. The van der Waals surface area contributed by atoms with Crippen LogP contribution >= 0.6 is 11.6 Å². The van der Waals surface area contributed by atoms with Gasteiger partial charge in [-0.15, -0.1) is 0 Å². The van der Waals surface area contributed by atoms with Gasteiger partial charge in [-0.1, -0.05) is 35.9 Å². The maximum absolute atomic E-state index is 12.5. The molecule has 28 heavy (non-hydrogen) atoms. The molecule has 1 atom stereocenters. The maximum atomic E-state index is 12.5. The highest BCUT2D eigenvalue weighted by atomic mass is 35.5. The van der Waals surface area contributed by atoms with E-state index in [0.29, 0.717) is 10.8 Å². The Hall–Kier alpha value is -3.05. The summed E-state index contributed by atoms with van der Waals surface area (Å²) in [6, 6.07) is 17.6. The number of rotatable bonds is 6. The Bertz CT molecular complexity index is 1000. The SMILES string of the molecule is COc1ccc2ccc(OC(=O)CC(NC(C)=O)c3ccc(Cl)cc3)cc2c1. The van der Waals surface area contributed by atoms with E-state index in [0.717, 1.165) is 22.1 Å². The van der Waals surface area contributed by atoms with Gasteiger partial charge in [-0.05, 0) is 52.7 Å². The zero-order valence-corrected chi connectivity index (χ0v) is 16.3. The Morgan fingerprint density at radius 2 is 1.61 bits per heavy atom. The third-order valence-electron chi connectivity index (χ3n) is 4.27. The van der Waals surface area contributed by atoms with Crippen LogP contribution in [0.1, 0.15) is 24.9 Å². The van der Waals surface area contributed by atoms with Gasteiger partial charge in [0.25, 0.3) is 0 Å². The number of halogens is 1. The van der Waals surface area contributed by atoms with Crippen molar-refractivity contribution < 1.29 is 19.1 Å². The molecule has 0 bridgehead atoms. The number of carbonyl (C=O) groups excluding carboxylic acids is 2. The average Bonchev–Trinajstić information content (AvgIpc) is 2.67. The van der Waals surface area contributed by atoms with Crippen molar-refractivity contribution in [2.45, 2.75) is 19.4 Å². The molecule has 0 aliphatic rings. The Morgan fingerprint density at radius 1 is 0.964 bits per heavy atom. The van der Waals surface area contributed by atoms with Crippen molar-refractivity contribution >= 4 is 34.2 Å². The second-order valence-corrected chi connectivity index (χ2v) is 6.79. The maximum Gasteiger partial charge on any atom is 0.313 e. The monoisotopic (exact) mass is 397 g/mol. The molecular formula is C22H20ClNO4. The first-order chi connectivity index (χ1) is 13.4. The van der Waals surface area contributed by atoms with Crippen LogP contribution in [-0.4, -0.2) is 19.0 Å². The van der Waals surface area contributed by atoms with Crippen LogP contribution in [0.3, 0.4) is 0 Å². The molecule has 0 heterocycles. The molecule has 3 aromatic rings. The molecule has 144 valence electrons. The summed E-state index contributed by atoms with van der Waals surface area (Å²) in [5.74, 6) is 0.481. The summed E-state index contributed by atoms with van der Waals surface area (Å²) in [7, 11) is 1.60. The second kappa shape index (κ2) is 8.76. The van der Waals surface area contributed by atoms with Crippen LogP contribution in [0.4, 0.5) is 0 Å². The van der Waals surface area contributed by atoms with E-state index in [2.05, 4.69) is 5.32 Å². The molecule has 0 spiro atoms. The number of benzene rings is 3. The highest BCUT2D eigenvalue weighted by Gasteiger charge is 2.19. The van der Waals surface area contributed by atoms with Crippen molar-refractivity contribution in [3.8, 4) is 11.5 Å². The third kappa shape index (κ3) is 5.02. The van der Waals surface area contributed by atoms with Crippen molar-refractivity contribution in [1.29, 1.82) is 0 Å². The minimum atomic E-state index is -0.497. The van der Waals surface area contributed by atoms with Crippen molar-refractivity contribution in [2.24, 2.45) is 0 Å². The van der Waals surface area contributed by atoms with Crippen LogP contribution in [0.5, 0.6) is 11.5 Å². The van der Waals surface area contributed by atoms with E-state index >= 15 is 0 Å². The van der Waals surface area contributed by atoms with E-state index in [1.165, 1.54) is 6.92 Å². The fraction of sp³-hybridized carbons (Fsp3) is 0.182. The van der Waals surface area contributed by atoms with Crippen molar-refractivity contribution in [2.75, 3.05) is 7.11 Å². The summed E-state index contributed by atoms with van der Waals surface area (Å²) in [6.07, 6.45) is -0.00262. The van der Waals surface area contributed by atoms with Crippen LogP contribution in [0.2, 0.25) is 5.02 Å². The minimum absolute atomic E-state index is 0.00262. The van der Waals surface area contributed by atoms with Crippen molar-refractivity contribution in [3.05, 3.63) is 71.2 Å². The van der Waals surface area contributed by atoms with Crippen LogP contribution in [0.25, 0.3) is 10.8 Å². The molecule has 0 aliphatic heterocycles. The zero-order valence-electron chi connectivity index (χ0n) is 15.6. The quantitative estimate of drug-likeness (QED) is 0.484. The highest BCUT2D eigenvalue weighted by molar-refractivity contribution is 6.30. The predicted octanol–water partition coefficient (Wildman–Crippen LogP) is 4.67. The number of amides is 1. The standard InChI is InChI=1S/C22H20ClNO4/c1-14(25)24-21(16-3-7-18(23)8-4-16)13-22(26)28-20-10-6-15-5-9-19(27-2)11-17(15)12-20/h3-12,21H,13H2,1-2H3,(H,24,25). The van der Waals surface area contributed by atoms with E-state index < -0.39 is 12.0 Å². The van der Waals surface area contributed by atoms with Crippen molar-refractivity contribution in [3.63, 3.8) is 0 Å².